The number of hydrogen-bond acceptors (Lipinski definition) is 4. The average molecular weight is 299 g/mol. The summed E-state index contributed by atoms with van der Waals surface area (Å²) < 4.78 is 23.1. The van der Waals surface area contributed by atoms with Gasteiger partial charge in [0.2, 0.25) is 15.9 Å². The third kappa shape index (κ3) is 5.28. The van der Waals surface area contributed by atoms with E-state index >= 15 is 0 Å². The fraction of sp³-hybridized carbons (Fsp3) is 0.462. The van der Waals surface area contributed by atoms with Crippen LogP contribution in [0.15, 0.2) is 23.1 Å². The van der Waals surface area contributed by atoms with Crippen LogP contribution in [-0.2, 0) is 21.2 Å². The topological polar surface area (TPSA) is 101 Å². The second-order valence-electron chi connectivity index (χ2n) is 4.91. The molecule has 0 fully saturated rings. The maximum Gasteiger partial charge on any atom is 0.238 e. The van der Waals surface area contributed by atoms with Gasteiger partial charge in [-0.25, -0.2) is 13.6 Å². The third-order valence-corrected chi connectivity index (χ3v) is 3.65. The van der Waals surface area contributed by atoms with Crippen LogP contribution in [0.4, 0.5) is 5.69 Å². The maximum absolute atomic E-state index is 11.6. The van der Waals surface area contributed by atoms with Gasteiger partial charge in [0.05, 0.1) is 4.90 Å². The smallest absolute Gasteiger partial charge is 0.238 e. The number of carbonyl (C=O) groups is 1. The Morgan fingerprint density at radius 1 is 1.35 bits per heavy atom. The SMILES string of the molecule is CC(=O)Nc1ccc(S(N)(=O)=O)c(CCNC(C)C)c1. The van der Waals surface area contributed by atoms with Crippen LogP contribution in [0.3, 0.4) is 0 Å². The van der Waals surface area contributed by atoms with Crippen molar-refractivity contribution in [3.8, 4) is 0 Å². The van der Waals surface area contributed by atoms with Gasteiger partial charge < -0.3 is 10.6 Å². The maximum atomic E-state index is 11.6. The number of rotatable bonds is 6. The van der Waals surface area contributed by atoms with Gasteiger partial charge in [-0.05, 0) is 36.7 Å². The number of nitrogens with one attached hydrogen (secondary N) is 2. The summed E-state index contributed by atoms with van der Waals surface area (Å²) >= 11 is 0. The Hall–Kier alpha value is -1.44. The summed E-state index contributed by atoms with van der Waals surface area (Å²) in [5, 5.41) is 11.0. The van der Waals surface area contributed by atoms with E-state index in [-0.39, 0.29) is 10.8 Å². The van der Waals surface area contributed by atoms with E-state index in [1.54, 1.807) is 6.07 Å². The number of amides is 1. The van der Waals surface area contributed by atoms with Gasteiger partial charge in [0, 0.05) is 18.7 Å². The Morgan fingerprint density at radius 3 is 2.50 bits per heavy atom. The van der Waals surface area contributed by atoms with Gasteiger partial charge in [0.15, 0.2) is 0 Å². The first-order chi connectivity index (χ1) is 9.20. The van der Waals surface area contributed by atoms with Gasteiger partial charge in [-0.15, -0.1) is 0 Å². The van der Waals surface area contributed by atoms with Crippen LogP contribution in [0.1, 0.15) is 26.3 Å². The zero-order valence-corrected chi connectivity index (χ0v) is 12.8. The van der Waals surface area contributed by atoms with Gasteiger partial charge in [-0.2, -0.15) is 0 Å². The summed E-state index contributed by atoms with van der Waals surface area (Å²) in [7, 11) is -3.77. The number of carbonyl (C=O) groups excluding carboxylic acids is 1. The standard InChI is InChI=1S/C13H21N3O3S/c1-9(2)15-7-6-11-8-12(16-10(3)17)4-5-13(11)20(14,18)19/h4-5,8-9,15H,6-7H2,1-3H3,(H,16,17)(H2,14,18,19). The fourth-order valence-electron chi connectivity index (χ4n) is 1.83. The van der Waals surface area contributed by atoms with E-state index in [2.05, 4.69) is 10.6 Å². The molecule has 1 amide bonds. The molecule has 0 heterocycles. The van der Waals surface area contributed by atoms with Crippen molar-refractivity contribution >= 4 is 21.6 Å². The number of hydrogen-bond donors (Lipinski definition) is 3. The number of primary sulfonamides is 1. The lowest BCUT2D eigenvalue weighted by molar-refractivity contribution is -0.114. The zero-order valence-electron chi connectivity index (χ0n) is 11.9. The molecule has 4 N–H and O–H groups in total. The lowest BCUT2D eigenvalue weighted by Crippen LogP contribution is -2.26. The Labute approximate surface area is 119 Å². The van der Waals surface area contributed by atoms with Crippen molar-refractivity contribution in [3.63, 3.8) is 0 Å². The summed E-state index contributed by atoms with van der Waals surface area (Å²) in [6.45, 7) is 6.04. The Morgan fingerprint density at radius 2 is 2.00 bits per heavy atom. The highest BCUT2D eigenvalue weighted by molar-refractivity contribution is 7.89. The second-order valence-corrected chi connectivity index (χ2v) is 6.44. The van der Waals surface area contributed by atoms with E-state index in [1.807, 2.05) is 13.8 Å². The summed E-state index contributed by atoms with van der Waals surface area (Å²) in [6, 6.07) is 4.90. The number of anilines is 1. The van der Waals surface area contributed by atoms with E-state index in [9.17, 15) is 13.2 Å². The third-order valence-electron chi connectivity index (χ3n) is 2.63. The molecule has 0 aliphatic rings. The van der Waals surface area contributed by atoms with Crippen LogP contribution in [0.2, 0.25) is 0 Å². The van der Waals surface area contributed by atoms with Crippen LogP contribution in [0.5, 0.6) is 0 Å². The monoisotopic (exact) mass is 299 g/mol. The highest BCUT2D eigenvalue weighted by Gasteiger charge is 2.14. The summed E-state index contributed by atoms with van der Waals surface area (Å²) in [5.74, 6) is -0.209. The van der Waals surface area contributed by atoms with Gasteiger partial charge in [0.25, 0.3) is 0 Å². The number of nitrogens with two attached hydrogens (primary N) is 1. The molecule has 20 heavy (non-hydrogen) atoms. The molecule has 0 aliphatic heterocycles. The average Bonchev–Trinajstić information content (AvgIpc) is 2.26. The molecule has 0 bridgehead atoms. The van der Waals surface area contributed by atoms with Crippen LogP contribution >= 0.6 is 0 Å². The predicted octanol–water partition coefficient (Wildman–Crippen LogP) is 0.833. The van der Waals surface area contributed by atoms with E-state index in [0.29, 0.717) is 30.3 Å². The van der Waals surface area contributed by atoms with Gasteiger partial charge in [0.1, 0.15) is 0 Å². The Kier molecular flexibility index (Phi) is 5.67. The van der Waals surface area contributed by atoms with Crippen LogP contribution in [0.25, 0.3) is 0 Å². The van der Waals surface area contributed by atoms with E-state index < -0.39 is 10.0 Å². The van der Waals surface area contributed by atoms with Crippen LogP contribution in [-0.4, -0.2) is 26.9 Å². The van der Waals surface area contributed by atoms with Gasteiger partial charge in [-0.1, -0.05) is 13.8 Å². The molecule has 0 saturated carbocycles. The highest BCUT2D eigenvalue weighted by atomic mass is 32.2. The predicted molar refractivity (Wildman–Crippen MR) is 79.0 cm³/mol. The zero-order chi connectivity index (χ0) is 15.3. The van der Waals surface area contributed by atoms with Crippen molar-refractivity contribution in [3.05, 3.63) is 23.8 Å². The molecule has 6 nitrogen and oxygen atoms in total. The van der Waals surface area contributed by atoms with E-state index in [4.69, 9.17) is 5.14 Å². The molecule has 0 radical (unpaired) electrons. The molecule has 0 spiro atoms. The molecule has 0 saturated heterocycles. The molecule has 7 heteroatoms. The van der Waals surface area contributed by atoms with Crippen molar-refractivity contribution in [1.29, 1.82) is 0 Å². The molecule has 0 unspecified atom stereocenters. The number of sulfonamides is 1. The molecule has 0 aliphatic carbocycles. The molecule has 1 aromatic rings. The minimum atomic E-state index is -3.77. The second kappa shape index (κ2) is 6.83. The van der Waals surface area contributed by atoms with Crippen LogP contribution in [0, 0.1) is 0 Å². The highest BCUT2D eigenvalue weighted by Crippen LogP contribution is 2.20. The fourth-order valence-corrected chi connectivity index (χ4v) is 2.61. The van der Waals surface area contributed by atoms with Crippen molar-refractivity contribution in [1.82, 2.24) is 5.32 Å². The lowest BCUT2D eigenvalue weighted by atomic mass is 10.1. The van der Waals surface area contributed by atoms with Crippen molar-refractivity contribution in [2.45, 2.75) is 38.1 Å². The normalized spacial score (nSPS) is 11.7. The van der Waals surface area contributed by atoms with E-state index in [0.717, 1.165) is 0 Å². The molecular formula is C13H21N3O3S. The minimum absolute atomic E-state index is 0.0946. The summed E-state index contributed by atoms with van der Waals surface area (Å²) in [5.41, 5.74) is 1.15. The minimum Gasteiger partial charge on any atom is -0.326 e. The number of benzene rings is 1. The lowest BCUT2D eigenvalue weighted by Gasteiger charge is -2.12. The molecular weight excluding hydrogens is 278 g/mol. The first-order valence-corrected chi connectivity index (χ1v) is 7.91. The van der Waals surface area contributed by atoms with Gasteiger partial charge >= 0.3 is 0 Å². The van der Waals surface area contributed by atoms with E-state index in [1.165, 1.54) is 19.1 Å². The summed E-state index contributed by atoms with van der Waals surface area (Å²) in [4.78, 5) is 11.1. The first kappa shape index (κ1) is 16.6. The molecule has 0 atom stereocenters. The Bertz CT molecular complexity index is 583. The van der Waals surface area contributed by atoms with Crippen molar-refractivity contribution < 1.29 is 13.2 Å². The molecule has 1 aromatic carbocycles. The molecule has 1 rings (SSSR count). The summed E-state index contributed by atoms with van der Waals surface area (Å²) in [6.07, 6.45) is 0.511. The first-order valence-electron chi connectivity index (χ1n) is 6.37. The quantitative estimate of drug-likeness (QED) is 0.724. The van der Waals surface area contributed by atoms with Crippen LogP contribution < -0.4 is 15.8 Å². The Balaban J connectivity index is 3.03. The molecule has 0 aromatic heterocycles. The van der Waals surface area contributed by atoms with Crippen molar-refractivity contribution in [2.75, 3.05) is 11.9 Å². The van der Waals surface area contributed by atoms with Gasteiger partial charge in [-0.3, -0.25) is 4.79 Å². The van der Waals surface area contributed by atoms with Crippen molar-refractivity contribution in [2.24, 2.45) is 5.14 Å². The largest absolute Gasteiger partial charge is 0.326 e. The molecule has 112 valence electrons.